The summed E-state index contributed by atoms with van der Waals surface area (Å²) in [6.45, 7) is 1.59. The molecule has 2 bridgehead atoms. The van der Waals surface area contributed by atoms with Gasteiger partial charge in [-0.15, -0.1) is 0 Å². The van der Waals surface area contributed by atoms with E-state index in [0.29, 0.717) is 23.4 Å². The molecule has 2 saturated carbocycles. The zero-order chi connectivity index (χ0) is 12.9. The summed E-state index contributed by atoms with van der Waals surface area (Å²) in [4.78, 5) is 29.7. The number of hydrogen-bond donors (Lipinski definition) is 2. The third kappa shape index (κ3) is 1.65. The van der Waals surface area contributed by atoms with Crippen LogP contribution in [-0.4, -0.2) is 21.0 Å². The number of fused-ring (bicyclic) bond motifs is 2. The molecule has 3 rings (SSSR count). The molecule has 18 heavy (non-hydrogen) atoms. The van der Waals surface area contributed by atoms with Crippen molar-refractivity contribution in [1.82, 2.24) is 9.97 Å². The molecule has 1 heterocycles. The lowest BCUT2D eigenvalue weighted by Gasteiger charge is -2.21. The van der Waals surface area contributed by atoms with Crippen molar-refractivity contribution in [3.05, 3.63) is 27.4 Å². The van der Waals surface area contributed by atoms with Crippen molar-refractivity contribution in [3.8, 4) is 0 Å². The van der Waals surface area contributed by atoms with E-state index in [1.54, 1.807) is 6.92 Å². The van der Waals surface area contributed by atoms with Crippen molar-refractivity contribution in [3.63, 3.8) is 0 Å². The molecule has 2 aliphatic rings. The molecule has 1 aromatic heterocycles. The van der Waals surface area contributed by atoms with E-state index in [1.165, 1.54) is 19.3 Å². The van der Waals surface area contributed by atoms with Crippen LogP contribution < -0.4 is 5.56 Å². The Kier molecular flexibility index (Phi) is 2.50. The molecule has 96 valence electrons. The van der Waals surface area contributed by atoms with Gasteiger partial charge in [0.25, 0.3) is 5.56 Å². The highest BCUT2D eigenvalue weighted by Crippen LogP contribution is 2.51. The molecular formula is C13H16N2O3. The highest BCUT2D eigenvalue weighted by molar-refractivity contribution is 5.88. The first kappa shape index (κ1) is 11.4. The fourth-order valence-electron chi connectivity index (χ4n) is 3.61. The van der Waals surface area contributed by atoms with Gasteiger partial charge in [-0.05, 0) is 38.0 Å². The topological polar surface area (TPSA) is 83.0 Å². The lowest BCUT2D eigenvalue weighted by molar-refractivity contribution is 0.0693. The van der Waals surface area contributed by atoms with Crippen molar-refractivity contribution >= 4 is 5.97 Å². The number of hydrogen-bond acceptors (Lipinski definition) is 3. The van der Waals surface area contributed by atoms with E-state index in [4.69, 9.17) is 5.11 Å². The van der Waals surface area contributed by atoms with Crippen LogP contribution in [0.1, 0.15) is 53.5 Å². The standard InChI is InChI=1S/C13H16N2O3/c1-6-10(13(17)18)12(16)15-11(14-6)9-5-7-2-3-8(9)4-7/h7-9H,2-5H2,1H3,(H,17,18)(H,14,15,16). The number of carboxylic acid groups (broad SMARTS) is 1. The molecule has 5 heteroatoms. The summed E-state index contributed by atoms with van der Waals surface area (Å²) in [5.41, 5.74) is -0.432. The largest absolute Gasteiger partial charge is 0.477 e. The maximum atomic E-state index is 11.8. The van der Waals surface area contributed by atoms with Gasteiger partial charge in [0.15, 0.2) is 0 Å². The number of aromatic nitrogens is 2. The first-order valence-corrected chi connectivity index (χ1v) is 6.40. The number of aromatic carboxylic acids is 1. The quantitative estimate of drug-likeness (QED) is 0.834. The minimum absolute atomic E-state index is 0.234. The molecular weight excluding hydrogens is 232 g/mol. The average molecular weight is 248 g/mol. The summed E-state index contributed by atoms with van der Waals surface area (Å²) in [6, 6.07) is 0. The Balaban J connectivity index is 2.00. The van der Waals surface area contributed by atoms with Gasteiger partial charge in [0, 0.05) is 5.92 Å². The second-order valence-electron chi connectivity index (χ2n) is 5.50. The molecule has 2 aliphatic carbocycles. The fourth-order valence-corrected chi connectivity index (χ4v) is 3.61. The highest BCUT2D eigenvalue weighted by Gasteiger charge is 2.41. The third-order valence-corrected chi connectivity index (χ3v) is 4.42. The van der Waals surface area contributed by atoms with Gasteiger partial charge in [0.2, 0.25) is 0 Å². The fraction of sp³-hybridized carbons (Fsp3) is 0.615. The molecule has 5 nitrogen and oxygen atoms in total. The average Bonchev–Trinajstić information content (AvgIpc) is 2.88. The van der Waals surface area contributed by atoms with Crippen molar-refractivity contribution in [1.29, 1.82) is 0 Å². The van der Waals surface area contributed by atoms with Crippen LogP contribution in [0.25, 0.3) is 0 Å². The zero-order valence-electron chi connectivity index (χ0n) is 10.3. The Bertz CT molecular complexity index is 564. The molecule has 0 spiro atoms. The molecule has 3 unspecified atom stereocenters. The number of nitrogens with one attached hydrogen (secondary N) is 1. The number of aryl methyl sites for hydroxylation is 1. The Morgan fingerprint density at radius 2 is 2.17 bits per heavy atom. The van der Waals surface area contributed by atoms with E-state index in [1.807, 2.05) is 0 Å². The van der Waals surface area contributed by atoms with Crippen LogP contribution in [-0.2, 0) is 0 Å². The van der Waals surface area contributed by atoms with Crippen molar-refractivity contribution < 1.29 is 9.90 Å². The summed E-state index contributed by atoms with van der Waals surface area (Å²) < 4.78 is 0. The Labute approximate surface area is 104 Å². The van der Waals surface area contributed by atoms with Crippen LogP contribution in [0.4, 0.5) is 0 Å². The minimum Gasteiger partial charge on any atom is -0.477 e. The Morgan fingerprint density at radius 1 is 1.39 bits per heavy atom. The number of carboxylic acids is 1. The van der Waals surface area contributed by atoms with Gasteiger partial charge < -0.3 is 10.1 Å². The number of aromatic amines is 1. The van der Waals surface area contributed by atoms with E-state index >= 15 is 0 Å². The number of carbonyl (C=O) groups is 1. The van der Waals surface area contributed by atoms with Crippen molar-refractivity contribution in [2.45, 2.75) is 38.5 Å². The van der Waals surface area contributed by atoms with E-state index in [9.17, 15) is 9.59 Å². The summed E-state index contributed by atoms with van der Waals surface area (Å²) in [7, 11) is 0. The zero-order valence-corrected chi connectivity index (χ0v) is 10.3. The molecule has 0 aromatic carbocycles. The van der Waals surface area contributed by atoms with Crippen LogP contribution in [0.5, 0.6) is 0 Å². The van der Waals surface area contributed by atoms with Crippen LogP contribution in [0.15, 0.2) is 4.79 Å². The predicted molar refractivity (Wildman–Crippen MR) is 64.7 cm³/mol. The molecule has 1 aromatic rings. The van der Waals surface area contributed by atoms with Gasteiger partial charge in [-0.2, -0.15) is 0 Å². The SMILES string of the molecule is Cc1nc(C2CC3CCC2C3)[nH]c(=O)c1C(=O)O. The lowest BCUT2D eigenvalue weighted by Crippen LogP contribution is -2.25. The smallest absolute Gasteiger partial charge is 0.343 e. The van der Waals surface area contributed by atoms with Crippen LogP contribution in [0, 0.1) is 18.8 Å². The van der Waals surface area contributed by atoms with Crippen molar-refractivity contribution in [2.24, 2.45) is 11.8 Å². The lowest BCUT2D eigenvalue weighted by atomic mass is 9.88. The first-order chi connectivity index (χ1) is 8.56. The number of rotatable bonds is 2. The van der Waals surface area contributed by atoms with Crippen LogP contribution >= 0.6 is 0 Å². The molecule has 0 amide bonds. The Morgan fingerprint density at radius 3 is 2.67 bits per heavy atom. The monoisotopic (exact) mass is 248 g/mol. The van der Waals surface area contributed by atoms with Crippen molar-refractivity contribution in [2.75, 3.05) is 0 Å². The predicted octanol–water partition coefficient (Wildman–Crippen LogP) is 1.68. The first-order valence-electron chi connectivity index (χ1n) is 6.40. The summed E-state index contributed by atoms with van der Waals surface area (Å²) in [6.07, 6.45) is 4.81. The highest BCUT2D eigenvalue weighted by atomic mass is 16.4. The molecule has 2 fully saturated rings. The van der Waals surface area contributed by atoms with Gasteiger partial charge >= 0.3 is 5.97 Å². The summed E-state index contributed by atoms with van der Waals surface area (Å²) >= 11 is 0. The van der Waals surface area contributed by atoms with Gasteiger partial charge in [-0.3, -0.25) is 4.79 Å². The minimum atomic E-state index is -1.21. The summed E-state index contributed by atoms with van der Waals surface area (Å²) in [5, 5.41) is 8.95. The molecule has 2 N–H and O–H groups in total. The van der Waals surface area contributed by atoms with E-state index in [0.717, 1.165) is 12.3 Å². The molecule has 3 atom stereocenters. The summed E-state index contributed by atoms with van der Waals surface area (Å²) in [5.74, 6) is 1.19. The van der Waals surface area contributed by atoms with Crippen LogP contribution in [0.2, 0.25) is 0 Å². The van der Waals surface area contributed by atoms with E-state index < -0.39 is 11.5 Å². The van der Waals surface area contributed by atoms with E-state index in [-0.39, 0.29) is 5.56 Å². The van der Waals surface area contributed by atoms with Gasteiger partial charge in [-0.25, -0.2) is 9.78 Å². The number of nitrogens with zero attached hydrogens (tertiary/aromatic N) is 1. The molecule has 0 saturated heterocycles. The molecule has 0 aliphatic heterocycles. The second-order valence-corrected chi connectivity index (χ2v) is 5.50. The Hall–Kier alpha value is -1.65. The maximum Gasteiger partial charge on any atom is 0.343 e. The normalized spacial score (nSPS) is 29.7. The van der Waals surface area contributed by atoms with E-state index in [2.05, 4.69) is 9.97 Å². The molecule has 0 radical (unpaired) electrons. The van der Waals surface area contributed by atoms with Gasteiger partial charge in [-0.1, -0.05) is 6.42 Å². The van der Waals surface area contributed by atoms with Gasteiger partial charge in [0.05, 0.1) is 5.69 Å². The number of H-pyrrole nitrogens is 1. The second kappa shape index (κ2) is 3.93. The van der Waals surface area contributed by atoms with Gasteiger partial charge in [0.1, 0.15) is 11.4 Å². The maximum absolute atomic E-state index is 11.8. The third-order valence-electron chi connectivity index (χ3n) is 4.42. The van der Waals surface area contributed by atoms with Crippen LogP contribution in [0.3, 0.4) is 0 Å².